The van der Waals surface area contributed by atoms with Crippen molar-refractivity contribution in [2.24, 2.45) is 5.92 Å². The van der Waals surface area contributed by atoms with Crippen LogP contribution in [0.25, 0.3) is 0 Å². The standard InChI is InChI=1S/C13H19N3O2/c1-2-18-11-5-9(6-11)7-13(17)16-12-4-3-10(14)8-15-12/h3-4,8-9,11H,2,5-7,14H2,1H3,(H,15,16,17). The first kappa shape index (κ1) is 12.8. The number of rotatable bonds is 5. The zero-order valence-corrected chi connectivity index (χ0v) is 10.6. The van der Waals surface area contributed by atoms with Gasteiger partial charge in [-0.3, -0.25) is 4.79 Å². The van der Waals surface area contributed by atoms with Crippen LogP contribution in [0.5, 0.6) is 0 Å². The zero-order valence-electron chi connectivity index (χ0n) is 10.6. The van der Waals surface area contributed by atoms with Crippen LogP contribution in [0.2, 0.25) is 0 Å². The van der Waals surface area contributed by atoms with Gasteiger partial charge in [-0.05, 0) is 37.8 Å². The molecule has 5 nitrogen and oxygen atoms in total. The van der Waals surface area contributed by atoms with Crippen molar-refractivity contribution in [1.29, 1.82) is 0 Å². The lowest BCUT2D eigenvalue weighted by Gasteiger charge is -2.34. The van der Waals surface area contributed by atoms with Gasteiger partial charge in [-0.1, -0.05) is 0 Å². The van der Waals surface area contributed by atoms with Crippen molar-refractivity contribution in [3.8, 4) is 0 Å². The lowest BCUT2D eigenvalue weighted by atomic mass is 9.80. The van der Waals surface area contributed by atoms with E-state index >= 15 is 0 Å². The minimum Gasteiger partial charge on any atom is -0.397 e. The highest BCUT2D eigenvalue weighted by Crippen LogP contribution is 2.32. The summed E-state index contributed by atoms with van der Waals surface area (Å²) in [4.78, 5) is 15.8. The number of aromatic nitrogens is 1. The second-order valence-electron chi connectivity index (χ2n) is 4.64. The Bertz CT molecular complexity index is 399. The molecule has 0 bridgehead atoms. The van der Waals surface area contributed by atoms with Crippen LogP contribution < -0.4 is 11.1 Å². The number of carbonyl (C=O) groups is 1. The van der Waals surface area contributed by atoms with Crippen LogP contribution in [0.4, 0.5) is 11.5 Å². The summed E-state index contributed by atoms with van der Waals surface area (Å²) in [6.45, 7) is 2.74. The summed E-state index contributed by atoms with van der Waals surface area (Å²) >= 11 is 0. The largest absolute Gasteiger partial charge is 0.397 e. The lowest BCUT2D eigenvalue weighted by Crippen LogP contribution is -2.33. The molecule has 0 spiro atoms. The molecule has 98 valence electrons. The van der Waals surface area contributed by atoms with Crippen molar-refractivity contribution in [2.75, 3.05) is 17.7 Å². The third-order valence-electron chi connectivity index (χ3n) is 3.12. The summed E-state index contributed by atoms with van der Waals surface area (Å²) in [6.07, 6.45) is 4.38. The maximum Gasteiger partial charge on any atom is 0.225 e. The SMILES string of the molecule is CCOC1CC(CC(=O)Nc2ccc(N)cn2)C1. The molecule has 1 amide bonds. The van der Waals surface area contributed by atoms with Gasteiger partial charge in [0.25, 0.3) is 0 Å². The quantitative estimate of drug-likeness (QED) is 0.834. The molecule has 1 aliphatic rings. The predicted octanol–water partition coefficient (Wildman–Crippen LogP) is 1.81. The van der Waals surface area contributed by atoms with Gasteiger partial charge in [0.15, 0.2) is 0 Å². The summed E-state index contributed by atoms with van der Waals surface area (Å²) in [7, 11) is 0. The van der Waals surface area contributed by atoms with E-state index in [0.29, 0.717) is 29.9 Å². The second kappa shape index (κ2) is 5.82. The molecule has 0 saturated heterocycles. The van der Waals surface area contributed by atoms with E-state index in [4.69, 9.17) is 10.5 Å². The van der Waals surface area contributed by atoms with E-state index in [1.165, 1.54) is 6.20 Å². The normalized spacial score (nSPS) is 22.3. The summed E-state index contributed by atoms with van der Waals surface area (Å²) < 4.78 is 5.46. The molecule has 1 aromatic rings. The number of pyridine rings is 1. The molecule has 0 aliphatic heterocycles. The van der Waals surface area contributed by atoms with Crippen LogP contribution in [0.3, 0.4) is 0 Å². The summed E-state index contributed by atoms with van der Waals surface area (Å²) in [5.41, 5.74) is 6.11. The van der Waals surface area contributed by atoms with Crippen LogP contribution in [-0.2, 0) is 9.53 Å². The molecular formula is C13H19N3O2. The zero-order chi connectivity index (χ0) is 13.0. The number of hydrogen-bond donors (Lipinski definition) is 2. The molecule has 0 atom stereocenters. The molecule has 18 heavy (non-hydrogen) atoms. The van der Waals surface area contributed by atoms with Gasteiger partial charge >= 0.3 is 0 Å². The number of carbonyl (C=O) groups excluding carboxylic acids is 1. The lowest BCUT2D eigenvalue weighted by molar-refractivity contribution is -0.119. The van der Waals surface area contributed by atoms with Crippen molar-refractivity contribution >= 4 is 17.4 Å². The molecule has 1 fully saturated rings. The van der Waals surface area contributed by atoms with Gasteiger partial charge in [0, 0.05) is 13.0 Å². The molecule has 1 saturated carbocycles. The Balaban J connectivity index is 1.72. The molecule has 0 unspecified atom stereocenters. The number of nitrogens with one attached hydrogen (secondary N) is 1. The minimum atomic E-state index is 0.00669. The maximum absolute atomic E-state index is 11.7. The molecule has 1 heterocycles. The van der Waals surface area contributed by atoms with Gasteiger partial charge in [0.1, 0.15) is 5.82 Å². The molecule has 1 aromatic heterocycles. The van der Waals surface area contributed by atoms with Crippen molar-refractivity contribution < 1.29 is 9.53 Å². The fourth-order valence-corrected chi connectivity index (χ4v) is 2.15. The van der Waals surface area contributed by atoms with E-state index in [2.05, 4.69) is 10.3 Å². The Kier molecular flexibility index (Phi) is 4.15. The van der Waals surface area contributed by atoms with E-state index in [1.807, 2.05) is 6.92 Å². The fraction of sp³-hybridized carbons (Fsp3) is 0.538. The predicted molar refractivity (Wildman–Crippen MR) is 70.0 cm³/mol. The first-order valence-corrected chi connectivity index (χ1v) is 6.30. The summed E-state index contributed by atoms with van der Waals surface area (Å²) in [5.74, 6) is 0.998. The van der Waals surface area contributed by atoms with Gasteiger partial charge in [0.2, 0.25) is 5.91 Å². The van der Waals surface area contributed by atoms with E-state index in [9.17, 15) is 4.79 Å². The van der Waals surface area contributed by atoms with Crippen LogP contribution >= 0.6 is 0 Å². The number of anilines is 2. The van der Waals surface area contributed by atoms with E-state index < -0.39 is 0 Å². The summed E-state index contributed by atoms with van der Waals surface area (Å²) in [6, 6.07) is 3.42. The van der Waals surface area contributed by atoms with Crippen LogP contribution in [0.1, 0.15) is 26.2 Å². The number of nitrogen functional groups attached to an aromatic ring is 1. The number of ether oxygens (including phenoxy) is 1. The molecule has 1 aliphatic carbocycles. The third kappa shape index (κ3) is 3.43. The summed E-state index contributed by atoms with van der Waals surface area (Å²) in [5, 5.41) is 2.77. The maximum atomic E-state index is 11.7. The van der Waals surface area contributed by atoms with Gasteiger partial charge in [-0.25, -0.2) is 4.98 Å². The topological polar surface area (TPSA) is 77.2 Å². The molecule has 0 radical (unpaired) electrons. The van der Waals surface area contributed by atoms with Crippen LogP contribution in [0, 0.1) is 5.92 Å². The van der Waals surface area contributed by atoms with E-state index in [-0.39, 0.29) is 5.91 Å². The van der Waals surface area contributed by atoms with Gasteiger partial charge < -0.3 is 15.8 Å². The molecule has 3 N–H and O–H groups in total. The Morgan fingerprint density at radius 2 is 2.33 bits per heavy atom. The van der Waals surface area contributed by atoms with Crippen LogP contribution in [0.15, 0.2) is 18.3 Å². The smallest absolute Gasteiger partial charge is 0.225 e. The molecule has 5 heteroatoms. The average molecular weight is 249 g/mol. The highest BCUT2D eigenvalue weighted by Gasteiger charge is 2.31. The Morgan fingerprint density at radius 1 is 1.56 bits per heavy atom. The van der Waals surface area contributed by atoms with Gasteiger partial charge in [0.05, 0.1) is 18.0 Å². The highest BCUT2D eigenvalue weighted by atomic mass is 16.5. The number of hydrogen-bond acceptors (Lipinski definition) is 4. The highest BCUT2D eigenvalue weighted by molar-refractivity contribution is 5.90. The minimum absolute atomic E-state index is 0.00669. The van der Waals surface area contributed by atoms with Gasteiger partial charge in [-0.15, -0.1) is 0 Å². The van der Waals surface area contributed by atoms with Crippen LogP contribution in [-0.4, -0.2) is 23.6 Å². The first-order chi connectivity index (χ1) is 8.67. The third-order valence-corrected chi connectivity index (χ3v) is 3.12. The number of nitrogens with two attached hydrogens (primary N) is 1. The number of amides is 1. The molecule has 2 rings (SSSR count). The van der Waals surface area contributed by atoms with Crippen molar-refractivity contribution in [1.82, 2.24) is 4.98 Å². The fourth-order valence-electron chi connectivity index (χ4n) is 2.15. The number of nitrogens with zero attached hydrogens (tertiary/aromatic N) is 1. The Morgan fingerprint density at radius 3 is 2.94 bits per heavy atom. The molecule has 0 aromatic carbocycles. The monoisotopic (exact) mass is 249 g/mol. The first-order valence-electron chi connectivity index (χ1n) is 6.30. The van der Waals surface area contributed by atoms with E-state index in [0.717, 1.165) is 19.4 Å². The second-order valence-corrected chi connectivity index (χ2v) is 4.64. The van der Waals surface area contributed by atoms with Gasteiger partial charge in [-0.2, -0.15) is 0 Å². The Labute approximate surface area is 107 Å². The van der Waals surface area contributed by atoms with E-state index in [1.54, 1.807) is 12.1 Å². The van der Waals surface area contributed by atoms with Crippen molar-refractivity contribution in [2.45, 2.75) is 32.3 Å². The van der Waals surface area contributed by atoms with Crippen molar-refractivity contribution in [3.05, 3.63) is 18.3 Å². The Hall–Kier alpha value is -1.62. The average Bonchev–Trinajstić information content (AvgIpc) is 2.29. The molecular weight excluding hydrogens is 230 g/mol. The van der Waals surface area contributed by atoms with Crippen molar-refractivity contribution in [3.63, 3.8) is 0 Å².